The van der Waals surface area contributed by atoms with E-state index in [0.29, 0.717) is 0 Å². The zero-order valence-electron chi connectivity index (χ0n) is 14.3. The first kappa shape index (κ1) is 18.7. The fraction of sp³-hybridized carbons (Fsp3) is 0.0526. The summed E-state index contributed by atoms with van der Waals surface area (Å²) in [5, 5.41) is 19.8. The Morgan fingerprint density at radius 2 is 1.61 bits per heavy atom. The van der Waals surface area contributed by atoms with Crippen LogP contribution in [0, 0.1) is 40.0 Å². The van der Waals surface area contributed by atoms with E-state index in [2.05, 4.69) is 4.98 Å². The van der Waals surface area contributed by atoms with Gasteiger partial charge >= 0.3 is 0 Å². The Morgan fingerprint density at radius 1 is 1.04 bits per heavy atom. The van der Waals surface area contributed by atoms with Crippen LogP contribution < -0.4 is 9.47 Å². The van der Waals surface area contributed by atoms with Crippen LogP contribution >= 0.6 is 0 Å². The molecule has 0 aliphatic heterocycles. The van der Waals surface area contributed by atoms with Gasteiger partial charge in [-0.05, 0) is 31.2 Å². The van der Waals surface area contributed by atoms with E-state index < -0.39 is 33.9 Å². The molecule has 9 heteroatoms. The van der Waals surface area contributed by atoms with E-state index in [1.54, 1.807) is 0 Å². The van der Waals surface area contributed by atoms with Gasteiger partial charge in [0.2, 0.25) is 0 Å². The van der Waals surface area contributed by atoms with Crippen molar-refractivity contribution in [2.75, 3.05) is 0 Å². The molecule has 0 aliphatic rings. The Hall–Kier alpha value is -4.06. The minimum atomic E-state index is -1.07. The van der Waals surface area contributed by atoms with Crippen LogP contribution in [0.25, 0.3) is 0 Å². The lowest BCUT2D eigenvalue weighted by Gasteiger charge is -2.12. The number of halogens is 2. The molecular weight excluding hydrogens is 372 g/mol. The number of aromatic nitrogens is 1. The summed E-state index contributed by atoms with van der Waals surface area (Å²) in [4.78, 5) is 13.9. The van der Waals surface area contributed by atoms with E-state index in [-0.39, 0.29) is 22.7 Å². The summed E-state index contributed by atoms with van der Waals surface area (Å²) >= 11 is 0. The summed E-state index contributed by atoms with van der Waals surface area (Å²) in [5.41, 5.74) is -0.381. The fourth-order valence-electron chi connectivity index (χ4n) is 2.26. The van der Waals surface area contributed by atoms with Crippen LogP contribution in [0.15, 0.2) is 48.5 Å². The van der Waals surface area contributed by atoms with Crippen molar-refractivity contribution >= 4 is 5.69 Å². The van der Waals surface area contributed by atoms with Gasteiger partial charge in [0, 0.05) is 11.6 Å². The topological polar surface area (TPSA) is 98.3 Å². The quantitative estimate of drug-likeness (QED) is 0.452. The van der Waals surface area contributed by atoms with Crippen LogP contribution in [0.3, 0.4) is 0 Å². The standard InChI is InChI=1S/C19H11F2N3O4/c1-11-16(20)18(27-14-6-2-4-12(8-14)10-22)23-19(17(11)21)28-15-7-3-5-13(9-15)24(25)26/h2-9H,1H3. The van der Waals surface area contributed by atoms with Crippen molar-refractivity contribution in [2.45, 2.75) is 6.92 Å². The lowest BCUT2D eigenvalue weighted by Crippen LogP contribution is -2.02. The lowest BCUT2D eigenvalue weighted by molar-refractivity contribution is -0.384. The van der Waals surface area contributed by atoms with Gasteiger partial charge in [-0.25, -0.2) is 8.78 Å². The molecule has 0 radical (unpaired) electrons. The smallest absolute Gasteiger partial charge is 0.273 e. The molecule has 1 heterocycles. The number of hydrogen-bond donors (Lipinski definition) is 0. The highest BCUT2D eigenvalue weighted by atomic mass is 19.1. The highest BCUT2D eigenvalue weighted by Gasteiger charge is 2.21. The molecule has 3 rings (SSSR count). The van der Waals surface area contributed by atoms with Crippen LogP contribution in [-0.4, -0.2) is 9.91 Å². The van der Waals surface area contributed by atoms with Crippen LogP contribution in [0.1, 0.15) is 11.1 Å². The van der Waals surface area contributed by atoms with Crippen LogP contribution in [-0.2, 0) is 0 Å². The fourth-order valence-corrected chi connectivity index (χ4v) is 2.26. The third-order valence-corrected chi connectivity index (χ3v) is 3.66. The normalized spacial score (nSPS) is 10.2. The number of ether oxygens (including phenoxy) is 2. The number of hydrogen-bond acceptors (Lipinski definition) is 6. The zero-order chi connectivity index (χ0) is 20.3. The molecule has 0 saturated carbocycles. The van der Waals surface area contributed by atoms with Gasteiger partial charge in [-0.15, -0.1) is 0 Å². The summed E-state index contributed by atoms with van der Waals surface area (Å²) < 4.78 is 39.4. The van der Waals surface area contributed by atoms with E-state index in [0.717, 1.165) is 6.07 Å². The molecule has 140 valence electrons. The van der Waals surface area contributed by atoms with E-state index in [4.69, 9.17) is 14.7 Å². The maximum Gasteiger partial charge on any atom is 0.273 e. The van der Waals surface area contributed by atoms with Crippen LogP contribution in [0.5, 0.6) is 23.3 Å². The van der Waals surface area contributed by atoms with E-state index in [1.807, 2.05) is 6.07 Å². The highest BCUT2D eigenvalue weighted by Crippen LogP contribution is 2.33. The molecule has 0 unspecified atom stereocenters. The minimum absolute atomic E-state index is 0.0518. The summed E-state index contributed by atoms with van der Waals surface area (Å²) in [7, 11) is 0. The lowest BCUT2D eigenvalue weighted by atomic mass is 10.2. The summed E-state index contributed by atoms with van der Waals surface area (Å²) in [6, 6.07) is 12.8. The first-order valence-corrected chi connectivity index (χ1v) is 7.85. The SMILES string of the molecule is Cc1c(F)c(Oc2cccc(C#N)c2)nc(Oc2cccc([N+](=O)[O-])c2)c1F. The largest absolute Gasteiger partial charge is 0.436 e. The van der Waals surface area contributed by atoms with Gasteiger partial charge < -0.3 is 9.47 Å². The van der Waals surface area contributed by atoms with Crippen LogP contribution in [0.2, 0.25) is 0 Å². The van der Waals surface area contributed by atoms with Gasteiger partial charge in [0.05, 0.1) is 22.6 Å². The molecule has 28 heavy (non-hydrogen) atoms. The molecule has 0 atom stereocenters. The second-order valence-corrected chi connectivity index (χ2v) is 5.57. The molecular formula is C19H11F2N3O4. The van der Waals surface area contributed by atoms with Gasteiger partial charge in [-0.1, -0.05) is 12.1 Å². The van der Waals surface area contributed by atoms with Crippen molar-refractivity contribution in [1.82, 2.24) is 4.98 Å². The number of benzene rings is 2. The summed E-state index contributed by atoms with van der Waals surface area (Å²) in [5.74, 6) is -3.20. The molecule has 0 saturated heterocycles. The Kier molecular flexibility index (Phi) is 5.13. The number of nitriles is 1. The Morgan fingerprint density at radius 3 is 2.18 bits per heavy atom. The second-order valence-electron chi connectivity index (χ2n) is 5.57. The third-order valence-electron chi connectivity index (χ3n) is 3.66. The van der Waals surface area contributed by atoms with E-state index >= 15 is 0 Å². The number of non-ortho nitro benzene ring substituents is 1. The van der Waals surface area contributed by atoms with Gasteiger partial charge in [0.15, 0.2) is 11.6 Å². The average Bonchev–Trinajstić information content (AvgIpc) is 2.70. The third kappa shape index (κ3) is 3.86. The van der Waals surface area contributed by atoms with Gasteiger partial charge in [-0.2, -0.15) is 10.2 Å². The summed E-state index contributed by atoms with van der Waals surface area (Å²) in [6.45, 7) is 1.17. The van der Waals surface area contributed by atoms with Crippen molar-refractivity contribution in [3.63, 3.8) is 0 Å². The van der Waals surface area contributed by atoms with Gasteiger partial charge in [0.1, 0.15) is 11.5 Å². The van der Waals surface area contributed by atoms with Crippen LogP contribution in [0.4, 0.5) is 14.5 Å². The highest BCUT2D eigenvalue weighted by molar-refractivity contribution is 5.42. The first-order valence-electron chi connectivity index (χ1n) is 7.85. The maximum absolute atomic E-state index is 14.4. The first-order chi connectivity index (χ1) is 13.4. The van der Waals surface area contributed by atoms with Crippen molar-refractivity contribution in [3.05, 3.63) is 81.4 Å². The molecule has 7 nitrogen and oxygen atoms in total. The number of nitro groups is 1. The molecule has 1 aromatic heterocycles. The molecule has 0 N–H and O–H groups in total. The van der Waals surface area contributed by atoms with Crippen molar-refractivity contribution in [2.24, 2.45) is 0 Å². The van der Waals surface area contributed by atoms with Gasteiger partial charge in [-0.3, -0.25) is 10.1 Å². The predicted molar refractivity (Wildman–Crippen MR) is 93.3 cm³/mol. The molecule has 0 amide bonds. The number of rotatable bonds is 5. The molecule has 2 aromatic carbocycles. The second kappa shape index (κ2) is 7.67. The molecule has 0 spiro atoms. The Bertz CT molecular complexity index is 1110. The van der Waals surface area contributed by atoms with Gasteiger partial charge in [0.25, 0.3) is 17.4 Å². The average molecular weight is 383 g/mol. The number of pyridine rings is 1. The Labute approximate surface area is 157 Å². The van der Waals surface area contributed by atoms with Crippen molar-refractivity contribution in [1.29, 1.82) is 5.26 Å². The van der Waals surface area contributed by atoms with Crippen molar-refractivity contribution in [3.8, 4) is 29.3 Å². The minimum Gasteiger partial charge on any atom is -0.436 e. The number of nitro benzene ring substituents is 1. The maximum atomic E-state index is 14.4. The van der Waals surface area contributed by atoms with Crippen molar-refractivity contribution < 1.29 is 23.2 Å². The monoisotopic (exact) mass is 383 g/mol. The zero-order valence-corrected chi connectivity index (χ0v) is 14.3. The van der Waals surface area contributed by atoms with E-state index in [1.165, 1.54) is 49.4 Å². The number of nitrogens with zero attached hydrogens (tertiary/aromatic N) is 3. The summed E-state index contributed by atoms with van der Waals surface area (Å²) in [6.07, 6.45) is 0. The molecule has 0 fully saturated rings. The Balaban J connectivity index is 1.97. The van der Waals surface area contributed by atoms with E-state index in [9.17, 15) is 18.9 Å². The predicted octanol–water partition coefficient (Wildman–Crippen LogP) is 5.03. The molecule has 0 bridgehead atoms. The molecule has 0 aliphatic carbocycles. The molecule has 3 aromatic rings.